The zero-order valence-electron chi connectivity index (χ0n) is 10.0. The number of nitrogens with one attached hydrogen (secondary N) is 1. The van der Waals surface area contributed by atoms with Gasteiger partial charge in [-0.2, -0.15) is 0 Å². The fraction of sp³-hybridized carbons (Fsp3) is 0.909. The molecule has 1 atom stereocenters. The van der Waals surface area contributed by atoms with Gasteiger partial charge in [0.05, 0.1) is 0 Å². The number of carbonyl (C=O) groups excluding carboxylic acids is 1. The van der Waals surface area contributed by atoms with Crippen LogP contribution in [-0.4, -0.2) is 36.5 Å². The number of rotatable bonds is 4. The Morgan fingerprint density at radius 3 is 2.56 bits per heavy atom. The minimum Gasteiger partial charge on any atom is -0.443 e. The molecule has 1 rings (SSSR count). The molecule has 1 amide bonds. The Morgan fingerprint density at radius 1 is 1.56 bits per heavy atom. The minimum atomic E-state index is -0.780. The van der Waals surface area contributed by atoms with Crippen molar-refractivity contribution in [1.82, 2.24) is 5.32 Å². The summed E-state index contributed by atoms with van der Waals surface area (Å²) < 4.78 is 5.10. The van der Waals surface area contributed by atoms with Crippen LogP contribution in [0.15, 0.2) is 0 Å². The van der Waals surface area contributed by atoms with Crippen LogP contribution >= 0.6 is 0 Å². The van der Waals surface area contributed by atoms with E-state index >= 15 is 0 Å². The van der Waals surface area contributed by atoms with Gasteiger partial charge in [-0.25, -0.2) is 4.79 Å². The molecular weight excluding hydrogens is 208 g/mol. The van der Waals surface area contributed by atoms with Crippen LogP contribution in [0.4, 0.5) is 4.79 Å². The molecular formula is C11H22N2O3. The van der Waals surface area contributed by atoms with Gasteiger partial charge < -0.3 is 20.9 Å². The highest BCUT2D eigenvalue weighted by Gasteiger charge is 2.38. The van der Waals surface area contributed by atoms with Crippen molar-refractivity contribution in [2.24, 2.45) is 17.6 Å². The van der Waals surface area contributed by atoms with E-state index in [2.05, 4.69) is 5.32 Å². The lowest BCUT2D eigenvalue weighted by Crippen LogP contribution is -2.46. The first-order chi connectivity index (χ1) is 7.47. The average Bonchev–Trinajstić information content (AvgIpc) is 2.17. The molecule has 0 spiro atoms. The second-order valence-electron chi connectivity index (χ2n) is 4.90. The van der Waals surface area contributed by atoms with Gasteiger partial charge in [0.15, 0.2) is 0 Å². The third-order valence-corrected chi connectivity index (χ3v) is 3.41. The molecule has 5 nitrogen and oxygen atoms in total. The maximum Gasteiger partial charge on any atom is 0.405 e. The molecule has 16 heavy (non-hydrogen) atoms. The van der Waals surface area contributed by atoms with E-state index in [0.717, 1.165) is 25.9 Å². The first kappa shape index (κ1) is 13.3. The van der Waals surface area contributed by atoms with Gasteiger partial charge in [0.25, 0.3) is 0 Å². The molecule has 5 heteroatoms. The summed E-state index contributed by atoms with van der Waals surface area (Å²) in [6.07, 6.45) is 1.21. The normalized spacial score (nSPS) is 20.4. The van der Waals surface area contributed by atoms with Crippen LogP contribution in [-0.2, 0) is 4.74 Å². The molecule has 1 fully saturated rings. The Balaban J connectivity index is 2.66. The van der Waals surface area contributed by atoms with Crippen molar-refractivity contribution in [3.63, 3.8) is 0 Å². The Labute approximate surface area is 96.3 Å². The predicted molar refractivity (Wildman–Crippen MR) is 60.9 cm³/mol. The lowest BCUT2D eigenvalue weighted by molar-refractivity contribution is -0.0495. The third-order valence-electron chi connectivity index (χ3n) is 3.41. The van der Waals surface area contributed by atoms with Gasteiger partial charge in [0.2, 0.25) is 0 Å². The van der Waals surface area contributed by atoms with Crippen LogP contribution in [0, 0.1) is 11.8 Å². The van der Waals surface area contributed by atoms with Crippen molar-refractivity contribution < 1.29 is 14.6 Å². The number of amides is 1. The van der Waals surface area contributed by atoms with Crippen molar-refractivity contribution in [2.75, 3.05) is 19.7 Å². The summed E-state index contributed by atoms with van der Waals surface area (Å²) in [5.41, 5.74) is 4.34. The average molecular weight is 230 g/mol. The summed E-state index contributed by atoms with van der Waals surface area (Å²) in [6, 6.07) is 0. The topological polar surface area (TPSA) is 84.6 Å². The SMILES string of the molecule is CC(C)(OC(N)=O)C(CO)C1CCNCC1. The maximum atomic E-state index is 10.8. The summed E-state index contributed by atoms with van der Waals surface area (Å²) in [7, 11) is 0. The summed E-state index contributed by atoms with van der Waals surface area (Å²) >= 11 is 0. The summed E-state index contributed by atoms with van der Waals surface area (Å²) in [5.74, 6) is 0.322. The number of nitrogens with two attached hydrogens (primary N) is 1. The fourth-order valence-corrected chi connectivity index (χ4v) is 2.52. The van der Waals surface area contributed by atoms with Crippen molar-refractivity contribution >= 4 is 6.09 Å². The standard InChI is InChI=1S/C11H22N2O3/c1-11(2,16-10(12)15)9(7-14)8-3-5-13-6-4-8/h8-9,13-14H,3-7H2,1-2H3,(H2,12,15). The van der Waals surface area contributed by atoms with Crippen LogP contribution in [0.2, 0.25) is 0 Å². The van der Waals surface area contributed by atoms with Gasteiger partial charge in [0, 0.05) is 12.5 Å². The maximum absolute atomic E-state index is 10.8. The third kappa shape index (κ3) is 3.35. The lowest BCUT2D eigenvalue weighted by atomic mass is 9.76. The van der Waals surface area contributed by atoms with Gasteiger partial charge in [-0.15, -0.1) is 0 Å². The molecule has 0 aliphatic carbocycles. The van der Waals surface area contributed by atoms with Crippen LogP contribution < -0.4 is 11.1 Å². The molecule has 0 aromatic carbocycles. The largest absolute Gasteiger partial charge is 0.443 e. The van der Waals surface area contributed by atoms with Gasteiger partial charge in [-0.3, -0.25) is 0 Å². The van der Waals surface area contributed by atoms with Crippen LogP contribution in [0.3, 0.4) is 0 Å². The molecule has 1 aliphatic heterocycles. The first-order valence-electron chi connectivity index (χ1n) is 5.77. The van der Waals surface area contributed by atoms with E-state index in [1.54, 1.807) is 13.8 Å². The van der Waals surface area contributed by atoms with E-state index in [1.807, 2.05) is 0 Å². The number of hydrogen-bond donors (Lipinski definition) is 3. The highest BCUT2D eigenvalue weighted by molar-refractivity contribution is 5.65. The van der Waals surface area contributed by atoms with E-state index in [4.69, 9.17) is 10.5 Å². The number of aliphatic hydroxyl groups excluding tert-OH is 1. The second kappa shape index (κ2) is 5.50. The molecule has 1 unspecified atom stereocenters. The number of primary amides is 1. The van der Waals surface area contributed by atoms with Crippen LogP contribution in [0.5, 0.6) is 0 Å². The minimum absolute atomic E-state index is 0.0188. The van der Waals surface area contributed by atoms with Gasteiger partial charge in [-0.1, -0.05) is 0 Å². The number of carbonyl (C=O) groups is 1. The van der Waals surface area contributed by atoms with Crippen molar-refractivity contribution in [3.05, 3.63) is 0 Å². The summed E-state index contributed by atoms with van der Waals surface area (Å²) in [5, 5.41) is 12.7. The summed E-state index contributed by atoms with van der Waals surface area (Å²) in [4.78, 5) is 10.8. The zero-order valence-corrected chi connectivity index (χ0v) is 10.0. The number of ether oxygens (including phenoxy) is 1. The van der Waals surface area contributed by atoms with E-state index in [9.17, 15) is 9.90 Å². The second-order valence-corrected chi connectivity index (χ2v) is 4.90. The first-order valence-corrected chi connectivity index (χ1v) is 5.77. The predicted octanol–water partition coefficient (Wildman–Crippen LogP) is 0.468. The highest BCUT2D eigenvalue weighted by atomic mass is 16.6. The Bertz CT molecular complexity index is 237. The van der Waals surface area contributed by atoms with E-state index in [1.165, 1.54) is 0 Å². The molecule has 0 bridgehead atoms. The Hall–Kier alpha value is -0.810. The molecule has 0 radical (unpaired) electrons. The molecule has 1 saturated heterocycles. The smallest absolute Gasteiger partial charge is 0.405 e. The molecule has 0 aromatic heterocycles. The number of hydrogen-bond acceptors (Lipinski definition) is 4. The molecule has 1 heterocycles. The molecule has 0 aromatic rings. The van der Waals surface area contributed by atoms with Gasteiger partial charge >= 0.3 is 6.09 Å². The van der Waals surface area contributed by atoms with Gasteiger partial charge in [0.1, 0.15) is 5.60 Å². The number of piperidine rings is 1. The van der Waals surface area contributed by atoms with Crippen molar-refractivity contribution in [1.29, 1.82) is 0 Å². The van der Waals surface area contributed by atoms with Crippen molar-refractivity contribution in [2.45, 2.75) is 32.3 Å². The summed E-state index contributed by atoms with van der Waals surface area (Å²) in [6.45, 7) is 5.54. The molecule has 0 saturated carbocycles. The van der Waals surface area contributed by atoms with Crippen LogP contribution in [0.1, 0.15) is 26.7 Å². The quantitative estimate of drug-likeness (QED) is 0.655. The molecule has 1 aliphatic rings. The zero-order chi connectivity index (χ0) is 12.2. The Kier molecular flexibility index (Phi) is 4.56. The molecule has 94 valence electrons. The monoisotopic (exact) mass is 230 g/mol. The fourth-order valence-electron chi connectivity index (χ4n) is 2.52. The molecule has 4 N–H and O–H groups in total. The number of aliphatic hydroxyl groups is 1. The van der Waals surface area contributed by atoms with Crippen molar-refractivity contribution in [3.8, 4) is 0 Å². The van der Waals surface area contributed by atoms with E-state index < -0.39 is 11.7 Å². The lowest BCUT2D eigenvalue weighted by Gasteiger charge is -2.39. The van der Waals surface area contributed by atoms with Gasteiger partial charge in [-0.05, 0) is 45.7 Å². The van der Waals surface area contributed by atoms with E-state index in [0.29, 0.717) is 5.92 Å². The Morgan fingerprint density at radius 2 is 2.12 bits per heavy atom. The van der Waals surface area contributed by atoms with Crippen LogP contribution in [0.25, 0.3) is 0 Å². The highest BCUT2D eigenvalue weighted by Crippen LogP contribution is 2.32. The van der Waals surface area contributed by atoms with E-state index in [-0.39, 0.29) is 12.5 Å².